The first-order valence-electron chi connectivity index (χ1n) is 8.93. The maximum Gasteiger partial charge on any atom is 0.416 e. The lowest BCUT2D eigenvalue weighted by molar-refractivity contribution is -0.137. The fourth-order valence-electron chi connectivity index (χ4n) is 3.08. The summed E-state index contributed by atoms with van der Waals surface area (Å²) in [6.07, 6.45) is -2.34. The van der Waals surface area contributed by atoms with Gasteiger partial charge in [0.1, 0.15) is 5.82 Å². The van der Waals surface area contributed by atoms with Gasteiger partial charge in [0.2, 0.25) is 5.91 Å². The van der Waals surface area contributed by atoms with Gasteiger partial charge < -0.3 is 9.88 Å². The molecule has 0 aliphatic carbocycles. The number of allylic oxidation sites excluding steroid dienone is 1. The minimum atomic E-state index is -4.44. The van der Waals surface area contributed by atoms with Crippen molar-refractivity contribution in [1.82, 2.24) is 14.8 Å². The van der Waals surface area contributed by atoms with E-state index in [4.69, 9.17) is 0 Å². The molecule has 1 aromatic heterocycles. The standard InChI is InChI=1S/C18H19F3N4O3S2/c1-2-8-25-16(12-7-9-30(27,28)11-12)23-24-17(25)29-10-15(26)22-14-5-3-13(4-6-14)18(19,20)21/h2-6,12H,1,7-11H2,(H,22,26). The molecule has 12 heteroatoms. The summed E-state index contributed by atoms with van der Waals surface area (Å²) in [6, 6.07) is 4.16. The van der Waals surface area contributed by atoms with E-state index in [-0.39, 0.29) is 28.9 Å². The normalized spacial score (nSPS) is 18.3. The van der Waals surface area contributed by atoms with Crippen LogP contribution >= 0.6 is 11.8 Å². The summed E-state index contributed by atoms with van der Waals surface area (Å²) in [5.74, 6) is -0.0469. The lowest BCUT2D eigenvalue weighted by atomic mass is 10.1. The van der Waals surface area contributed by atoms with E-state index in [0.717, 1.165) is 23.9 Å². The molecule has 0 saturated carbocycles. The fourth-order valence-corrected chi connectivity index (χ4v) is 5.57. The minimum absolute atomic E-state index is 0.0152. The summed E-state index contributed by atoms with van der Waals surface area (Å²) in [6.45, 7) is 4.05. The van der Waals surface area contributed by atoms with Crippen molar-refractivity contribution in [3.8, 4) is 0 Å². The Labute approximate surface area is 175 Å². The van der Waals surface area contributed by atoms with Crippen LogP contribution in [-0.4, -0.2) is 46.3 Å². The van der Waals surface area contributed by atoms with Crippen molar-refractivity contribution in [2.45, 2.75) is 30.2 Å². The number of hydrogen-bond donors (Lipinski definition) is 1. The first-order chi connectivity index (χ1) is 14.1. The molecule has 30 heavy (non-hydrogen) atoms. The van der Waals surface area contributed by atoms with E-state index >= 15 is 0 Å². The highest BCUT2D eigenvalue weighted by molar-refractivity contribution is 7.99. The predicted molar refractivity (Wildman–Crippen MR) is 107 cm³/mol. The fraction of sp³-hybridized carbons (Fsp3) is 0.389. The molecule has 7 nitrogen and oxygen atoms in total. The van der Waals surface area contributed by atoms with Crippen molar-refractivity contribution in [3.05, 3.63) is 48.3 Å². The summed E-state index contributed by atoms with van der Waals surface area (Å²) in [5.41, 5.74) is -0.549. The zero-order chi connectivity index (χ0) is 21.9. The Morgan fingerprint density at radius 1 is 1.30 bits per heavy atom. The number of sulfone groups is 1. The number of benzene rings is 1. The number of amides is 1. The third-order valence-electron chi connectivity index (χ3n) is 4.48. The molecule has 162 valence electrons. The molecule has 1 aromatic carbocycles. The zero-order valence-corrected chi connectivity index (χ0v) is 17.4. The van der Waals surface area contributed by atoms with Crippen molar-refractivity contribution in [2.75, 3.05) is 22.6 Å². The number of nitrogens with one attached hydrogen (secondary N) is 1. The topological polar surface area (TPSA) is 93.9 Å². The highest BCUT2D eigenvalue weighted by Gasteiger charge is 2.33. The van der Waals surface area contributed by atoms with E-state index in [9.17, 15) is 26.4 Å². The number of nitrogens with zero attached hydrogens (tertiary/aromatic N) is 3. The van der Waals surface area contributed by atoms with Crippen LogP contribution < -0.4 is 5.32 Å². The van der Waals surface area contributed by atoms with Crippen LogP contribution in [0.2, 0.25) is 0 Å². The van der Waals surface area contributed by atoms with Gasteiger partial charge in [0.25, 0.3) is 0 Å². The second kappa shape index (κ2) is 8.80. The van der Waals surface area contributed by atoms with Gasteiger partial charge in [0.05, 0.1) is 22.8 Å². The van der Waals surface area contributed by atoms with Crippen molar-refractivity contribution >= 4 is 33.2 Å². The number of halogens is 3. The third-order valence-corrected chi connectivity index (χ3v) is 7.22. The molecule has 2 aromatic rings. The van der Waals surface area contributed by atoms with Crippen molar-refractivity contribution in [1.29, 1.82) is 0 Å². The number of rotatable bonds is 7. The summed E-state index contributed by atoms with van der Waals surface area (Å²) in [7, 11) is -3.09. The highest BCUT2D eigenvalue weighted by atomic mass is 32.2. The van der Waals surface area contributed by atoms with Gasteiger partial charge in [0.15, 0.2) is 15.0 Å². The number of hydrogen-bond acceptors (Lipinski definition) is 6. The number of alkyl halides is 3. The molecule has 2 heterocycles. The van der Waals surface area contributed by atoms with Gasteiger partial charge in [-0.25, -0.2) is 8.42 Å². The lowest BCUT2D eigenvalue weighted by Crippen LogP contribution is -2.15. The molecule has 0 bridgehead atoms. The smallest absolute Gasteiger partial charge is 0.325 e. The Morgan fingerprint density at radius 3 is 2.57 bits per heavy atom. The van der Waals surface area contributed by atoms with Crippen LogP contribution in [0.25, 0.3) is 0 Å². The zero-order valence-electron chi connectivity index (χ0n) is 15.7. The Kier molecular flexibility index (Phi) is 6.56. The first kappa shape index (κ1) is 22.3. The van der Waals surface area contributed by atoms with E-state index in [0.29, 0.717) is 23.9 Å². The van der Waals surface area contributed by atoms with Crippen LogP contribution in [0.4, 0.5) is 18.9 Å². The summed E-state index contributed by atoms with van der Waals surface area (Å²) in [5, 5.41) is 11.2. The maximum atomic E-state index is 12.6. The minimum Gasteiger partial charge on any atom is -0.325 e. The van der Waals surface area contributed by atoms with Gasteiger partial charge in [-0.2, -0.15) is 13.2 Å². The van der Waals surface area contributed by atoms with E-state index in [1.165, 1.54) is 12.1 Å². The van der Waals surface area contributed by atoms with Crippen molar-refractivity contribution < 1.29 is 26.4 Å². The largest absolute Gasteiger partial charge is 0.416 e. The molecular weight excluding hydrogens is 441 g/mol. The van der Waals surface area contributed by atoms with Crippen LogP contribution in [0.5, 0.6) is 0 Å². The molecular formula is C18H19F3N4O3S2. The van der Waals surface area contributed by atoms with Crippen LogP contribution in [0.15, 0.2) is 42.1 Å². The third kappa shape index (κ3) is 5.42. The van der Waals surface area contributed by atoms with Gasteiger partial charge in [-0.05, 0) is 30.7 Å². The molecule has 1 atom stereocenters. The number of carbonyl (C=O) groups is 1. The van der Waals surface area contributed by atoms with Crippen LogP contribution in [0.1, 0.15) is 23.7 Å². The monoisotopic (exact) mass is 460 g/mol. The summed E-state index contributed by atoms with van der Waals surface area (Å²) >= 11 is 1.10. The molecule has 1 amide bonds. The van der Waals surface area contributed by atoms with E-state index in [1.807, 2.05) is 0 Å². The van der Waals surface area contributed by atoms with Gasteiger partial charge in [-0.1, -0.05) is 17.8 Å². The average Bonchev–Trinajstić information content (AvgIpc) is 3.22. The van der Waals surface area contributed by atoms with E-state index < -0.39 is 27.5 Å². The Hall–Kier alpha value is -2.34. The van der Waals surface area contributed by atoms with Crippen LogP contribution in [0, 0.1) is 0 Å². The Balaban J connectivity index is 1.64. The first-order valence-corrected chi connectivity index (χ1v) is 11.7. The number of anilines is 1. The van der Waals surface area contributed by atoms with Crippen molar-refractivity contribution in [2.24, 2.45) is 0 Å². The molecule has 1 unspecified atom stereocenters. The van der Waals surface area contributed by atoms with Gasteiger partial charge in [0, 0.05) is 18.2 Å². The number of carbonyl (C=O) groups excluding carboxylic acids is 1. The SMILES string of the molecule is C=CCn1c(SCC(=O)Nc2ccc(C(F)(F)F)cc2)nnc1C1CCS(=O)(=O)C1. The second-order valence-electron chi connectivity index (χ2n) is 6.75. The van der Waals surface area contributed by atoms with Crippen LogP contribution in [-0.2, 0) is 27.4 Å². The summed E-state index contributed by atoms with van der Waals surface area (Å²) in [4.78, 5) is 12.2. The molecule has 1 N–H and O–H groups in total. The van der Waals surface area contributed by atoms with Gasteiger partial charge in [-0.15, -0.1) is 16.8 Å². The maximum absolute atomic E-state index is 12.6. The average molecular weight is 461 g/mol. The van der Waals surface area contributed by atoms with Gasteiger partial charge >= 0.3 is 6.18 Å². The molecule has 3 rings (SSSR count). The van der Waals surface area contributed by atoms with Crippen molar-refractivity contribution in [3.63, 3.8) is 0 Å². The lowest BCUT2D eigenvalue weighted by Gasteiger charge is -2.11. The van der Waals surface area contributed by atoms with E-state index in [1.54, 1.807) is 10.6 Å². The molecule has 1 aliphatic heterocycles. The Morgan fingerprint density at radius 2 is 2.00 bits per heavy atom. The second-order valence-corrected chi connectivity index (χ2v) is 9.92. The van der Waals surface area contributed by atoms with E-state index in [2.05, 4.69) is 22.1 Å². The molecule has 1 aliphatic rings. The Bertz CT molecular complexity index is 1030. The quantitative estimate of drug-likeness (QED) is 0.504. The molecule has 1 saturated heterocycles. The van der Waals surface area contributed by atoms with Crippen LogP contribution in [0.3, 0.4) is 0 Å². The molecule has 1 fully saturated rings. The molecule has 0 spiro atoms. The molecule has 0 radical (unpaired) electrons. The number of aromatic nitrogens is 3. The number of thioether (sulfide) groups is 1. The van der Waals surface area contributed by atoms with Gasteiger partial charge in [-0.3, -0.25) is 4.79 Å². The predicted octanol–water partition coefficient (Wildman–Crippen LogP) is 3.12. The highest BCUT2D eigenvalue weighted by Crippen LogP contribution is 2.31. The summed E-state index contributed by atoms with van der Waals surface area (Å²) < 4.78 is 63.0.